The zero-order valence-electron chi connectivity index (χ0n) is 12.5. The monoisotopic (exact) mass is 314 g/mol. The highest BCUT2D eigenvalue weighted by atomic mass is 16.5. The standard InChI is InChI=1S/C17H14O6/c1-22-16(20)12-7-11(8-13(9-12)17(21)23-2)15(19)10-3-5-14(18)6-4-10/h3-9,18H,1-2H3. The van der Waals surface area contributed by atoms with Crippen LogP contribution in [0, 0.1) is 0 Å². The van der Waals surface area contributed by atoms with Crippen molar-refractivity contribution in [1.29, 1.82) is 0 Å². The molecule has 0 heterocycles. The SMILES string of the molecule is COC(=O)c1cc(C(=O)OC)cc(C(=O)c2ccc(O)cc2)c1. The fourth-order valence-electron chi connectivity index (χ4n) is 2.01. The number of benzene rings is 2. The number of esters is 2. The molecular weight excluding hydrogens is 300 g/mol. The van der Waals surface area contributed by atoms with Crippen LogP contribution in [0.4, 0.5) is 0 Å². The Bertz CT molecular complexity index is 727. The van der Waals surface area contributed by atoms with Crippen LogP contribution in [0.25, 0.3) is 0 Å². The normalized spacial score (nSPS) is 10.0. The van der Waals surface area contributed by atoms with Crippen LogP contribution < -0.4 is 0 Å². The summed E-state index contributed by atoms with van der Waals surface area (Å²) in [6.07, 6.45) is 0. The smallest absolute Gasteiger partial charge is 0.337 e. The molecule has 0 aromatic heterocycles. The Balaban J connectivity index is 2.51. The largest absolute Gasteiger partial charge is 0.508 e. The van der Waals surface area contributed by atoms with Gasteiger partial charge in [0.1, 0.15) is 5.75 Å². The highest BCUT2D eigenvalue weighted by Gasteiger charge is 2.18. The zero-order chi connectivity index (χ0) is 17.0. The molecule has 2 aromatic carbocycles. The van der Waals surface area contributed by atoms with Crippen molar-refractivity contribution in [3.8, 4) is 5.75 Å². The highest BCUT2D eigenvalue weighted by Crippen LogP contribution is 2.18. The molecular formula is C17H14O6. The maximum atomic E-state index is 12.5. The van der Waals surface area contributed by atoms with Gasteiger partial charge in [0.15, 0.2) is 5.78 Å². The van der Waals surface area contributed by atoms with E-state index in [2.05, 4.69) is 9.47 Å². The number of phenolic OH excluding ortho intramolecular Hbond substituents is 1. The van der Waals surface area contributed by atoms with Crippen molar-refractivity contribution in [3.63, 3.8) is 0 Å². The number of methoxy groups -OCH3 is 2. The molecule has 118 valence electrons. The summed E-state index contributed by atoms with van der Waals surface area (Å²) < 4.78 is 9.25. The number of aromatic hydroxyl groups is 1. The van der Waals surface area contributed by atoms with Crippen LogP contribution in [0.2, 0.25) is 0 Å². The van der Waals surface area contributed by atoms with Crippen molar-refractivity contribution in [1.82, 2.24) is 0 Å². The van der Waals surface area contributed by atoms with E-state index in [1.807, 2.05) is 0 Å². The van der Waals surface area contributed by atoms with Crippen LogP contribution in [0.1, 0.15) is 36.6 Å². The third-order valence-electron chi connectivity index (χ3n) is 3.17. The minimum Gasteiger partial charge on any atom is -0.508 e. The summed E-state index contributed by atoms with van der Waals surface area (Å²) in [4.78, 5) is 35.9. The second kappa shape index (κ2) is 6.74. The second-order valence-corrected chi connectivity index (χ2v) is 4.66. The number of rotatable bonds is 4. The Morgan fingerprint density at radius 2 is 1.17 bits per heavy atom. The van der Waals surface area contributed by atoms with Crippen molar-refractivity contribution in [2.75, 3.05) is 14.2 Å². The number of hydrogen-bond acceptors (Lipinski definition) is 6. The van der Waals surface area contributed by atoms with E-state index in [0.29, 0.717) is 5.56 Å². The van der Waals surface area contributed by atoms with Crippen LogP contribution in [-0.2, 0) is 9.47 Å². The average Bonchev–Trinajstić information content (AvgIpc) is 2.59. The molecule has 6 heteroatoms. The van der Waals surface area contributed by atoms with Gasteiger partial charge < -0.3 is 14.6 Å². The van der Waals surface area contributed by atoms with Gasteiger partial charge in [-0.05, 0) is 42.5 Å². The summed E-state index contributed by atoms with van der Waals surface area (Å²) in [5, 5.41) is 9.27. The van der Waals surface area contributed by atoms with Gasteiger partial charge >= 0.3 is 11.9 Å². The van der Waals surface area contributed by atoms with Gasteiger partial charge in [-0.3, -0.25) is 4.79 Å². The van der Waals surface area contributed by atoms with Crippen molar-refractivity contribution in [3.05, 3.63) is 64.7 Å². The number of carbonyl (C=O) groups excluding carboxylic acids is 3. The number of phenols is 1. The summed E-state index contributed by atoms with van der Waals surface area (Å²) >= 11 is 0. The number of ether oxygens (including phenoxy) is 2. The van der Waals surface area contributed by atoms with Crippen LogP contribution in [-0.4, -0.2) is 37.0 Å². The minimum absolute atomic E-state index is 0.0279. The van der Waals surface area contributed by atoms with Gasteiger partial charge in [0.05, 0.1) is 25.3 Å². The van der Waals surface area contributed by atoms with E-state index < -0.39 is 17.7 Å². The molecule has 0 unspecified atom stereocenters. The van der Waals surface area contributed by atoms with E-state index in [1.165, 1.54) is 56.7 Å². The zero-order valence-corrected chi connectivity index (χ0v) is 12.5. The Kier molecular flexibility index (Phi) is 4.75. The summed E-state index contributed by atoms with van der Waals surface area (Å²) in [6.45, 7) is 0. The van der Waals surface area contributed by atoms with Crippen molar-refractivity contribution in [2.45, 2.75) is 0 Å². The van der Waals surface area contributed by atoms with Gasteiger partial charge in [-0.25, -0.2) is 9.59 Å². The molecule has 0 spiro atoms. The number of carbonyl (C=O) groups is 3. The average molecular weight is 314 g/mol. The van der Waals surface area contributed by atoms with E-state index in [0.717, 1.165) is 0 Å². The molecule has 0 amide bonds. The lowest BCUT2D eigenvalue weighted by Gasteiger charge is -2.07. The van der Waals surface area contributed by atoms with E-state index in [9.17, 15) is 19.5 Å². The fourth-order valence-corrected chi connectivity index (χ4v) is 2.01. The van der Waals surface area contributed by atoms with Crippen molar-refractivity contribution in [2.24, 2.45) is 0 Å². The minimum atomic E-state index is -0.671. The summed E-state index contributed by atoms with van der Waals surface area (Å²) in [5.41, 5.74) is 0.578. The summed E-state index contributed by atoms with van der Waals surface area (Å²) in [7, 11) is 2.41. The van der Waals surface area contributed by atoms with Gasteiger partial charge in [0.2, 0.25) is 0 Å². The van der Waals surface area contributed by atoms with Crippen LogP contribution in [0.5, 0.6) is 5.75 Å². The number of ketones is 1. The lowest BCUT2D eigenvalue weighted by Crippen LogP contribution is -2.10. The van der Waals surface area contributed by atoms with Gasteiger partial charge in [-0.2, -0.15) is 0 Å². The van der Waals surface area contributed by atoms with Crippen molar-refractivity contribution >= 4 is 17.7 Å². The predicted molar refractivity (Wildman–Crippen MR) is 80.7 cm³/mol. The summed E-state index contributed by atoms with van der Waals surface area (Å²) in [5.74, 6) is -1.72. The first-order chi connectivity index (χ1) is 11.0. The maximum Gasteiger partial charge on any atom is 0.337 e. The first kappa shape index (κ1) is 16.2. The lowest BCUT2D eigenvalue weighted by atomic mass is 9.98. The molecule has 0 radical (unpaired) electrons. The molecule has 0 aliphatic rings. The van der Waals surface area contributed by atoms with Crippen LogP contribution in [0.15, 0.2) is 42.5 Å². The Labute approximate surface area is 132 Å². The fraction of sp³-hybridized carbons (Fsp3) is 0.118. The van der Waals surface area contributed by atoms with Crippen LogP contribution in [0.3, 0.4) is 0 Å². The second-order valence-electron chi connectivity index (χ2n) is 4.66. The Hall–Kier alpha value is -3.15. The van der Waals surface area contributed by atoms with E-state index >= 15 is 0 Å². The van der Waals surface area contributed by atoms with E-state index in [1.54, 1.807) is 0 Å². The summed E-state index contributed by atoms with van der Waals surface area (Å²) in [6, 6.07) is 9.62. The molecule has 0 bridgehead atoms. The van der Waals surface area contributed by atoms with E-state index in [-0.39, 0.29) is 22.4 Å². The molecule has 0 aliphatic heterocycles. The first-order valence-corrected chi connectivity index (χ1v) is 6.61. The van der Waals surface area contributed by atoms with Gasteiger partial charge in [0.25, 0.3) is 0 Å². The topological polar surface area (TPSA) is 89.9 Å². The van der Waals surface area contributed by atoms with Gasteiger partial charge in [-0.15, -0.1) is 0 Å². The molecule has 1 N–H and O–H groups in total. The van der Waals surface area contributed by atoms with Crippen LogP contribution >= 0.6 is 0 Å². The Morgan fingerprint density at radius 3 is 1.61 bits per heavy atom. The molecule has 0 aliphatic carbocycles. The van der Waals surface area contributed by atoms with Crippen molar-refractivity contribution < 1.29 is 29.0 Å². The molecule has 23 heavy (non-hydrogen) atoms. The quantitative estimate of drug-likeness (QED) is 0.687. The molecule has 0 saturated carbocycles. The maximum absolute atomic E-state index is 12.5. The lowest BCUT2D eigenvalue weighted by molar-refractivity contribution is 0.0599. The third-order valence-corrected chi connectivity index (χ3v) is 3.17. The molecule has 2 aromatic rings. The highest BCUT2D eigenvalue weighted by molar-refractivity contribution is 6.11. The Morgan fingerprint density at radius 1 is 0.739 bits per heavy atom. The first-order valence-electron chi connectivity index (χ1n) is 6.61. The van der Waals surface area contributed by atoms with Gasteiger partial charge in [-0.1, -0.05) is 0 Å². The molecule has 0 saturated heterocycles. The van der Waals surface area contributed by atoms with Gasteiger partial charge in [0, 0.05) is 11.1 Å². The predicted octanol–water partition coefficient (Wildman–Crippen LogP) is 2.20. The molecule has 0 fully saturated rings. The molecule has 0 atom stereocenters. The molecule has 2 rings (SSSR count). The molecule has 6 nitrogen and oxygen atoms in total. The third kappa shape index (κ3) is 3.55. The number of hydrogen-bond donors (Lipinski definition) is 1. The van der Waals surface area contributed by atoms with E-state index in [4.69, 9.17) is 0 Å².